The number of rotatable bonds is 7. The summed E-state index contributed by atoms with van der Waals surface area (Å²) in [6.07, 6.45) is 3.25. The summed E-state index contributed by atoms with van der Waals surface area (Å²) in [6.45, 7) is 3.59. The number of hydrogen-bond donors (Lipinski definition) is 1. The summed E-state index contributed by atoms with van der Waals surface area (Å²) < 4.78 is 10.9. The minimum atomic E-state index is 0.0361. The standard InChI is InChI=1S/C11H12N6O2S.C9H11ClO/c18-7-12-10-15-16-11(20-10)19-8-3-5-17(6-8)9-2-1-4-13-14-9;1-7(11-2)8-4-3-5-9(10)6-8/h1-2,4,7-8H,3,5-6H2,(H,12,15,18);3-7H,1-2H3. The molecule has 164 valence electrons. The molecule has 31 heavy (non-hydrogen) atoms. The Labute approximate surface area is 189 Å². The van der Waals surface area contributed by atoms with Gasteiger partial charge in [0, 0.05) is 31.3 Å². The molecular weight excluding hydrogens is 440 g/mol. The fourth-order valence-electron chi connectivity index (χ4n) is 2.90. The van der Waals surface area contributed by atoms with Gasteiger partial charge in [0.05, 0.1) is 12.6 Å². The first kappa shape index (κ1) is 22.9. The Morgan fingerprint density at radius 3 is 2.87 bits per heavy atom. The highest BCUT2D eigenvalue weighted by atomic mass is 35.5. The van der Waals surface area contributed by atoms with E-state index in [2.05, 4.69) is 30.6 Å². The second-order valence-corrected chi connectivity index (χ2v) is 8.00. The fraction of sp³-hybridized carbons (Fsp3) is 0.350. The highest BCUT2D eigenvalue weighted by Crippen LogP contribution is 2.26. The molecule has 0 radical (unpaired) electrons. The number of anilines is 2. The quantitative estimate of drug-likeness (QED) is 0.531. The number of carbonyl (C=O) groups excluding carboxylic acids is 1. The zero-order valence-corrected chi connectivity index (χ0v) is 18.7. The lowest BCUT2D eigenvalue weighted by molar-refractivity contribution is -0.105. The monoisotopic (exact) mass is 462 g/mol. The molecule has 1 aromatic carbocycles. The number of amides is 1. The summed E-state index contributed by atoms with van der Waals surface area (Å²) >= 11 is 7.00. The Morgan fingerprint density at radius 2 is 2.16 bits per heavy atom. The van der Waals surface area contributed by atoms with E-state index in [0.717, 1.165) is 35.9 Å². The van der Waals surface area contributed by atoms with E-state index in [1.807, 2.05) is 43.3 Å². The zero-order valence-electron chi connectivity index (χ0n) is 17.1. The molecule has 3 heterocycles. The van der Waals surface area contributed by atoms with E-state index in [1.165, 1.54) is 11.3 Å². The van der Waals surface area contributed by atoms with Gasteiger partial charge in [0.2, 0.25) is 11.5 Å². The highest BCUT2D eigenvalue weighted by molar-refractivity contribution is 7.17. The van der Waals surface area contributed by atoms with Crippen LogP contribution in [0.3, 0.4) is 0 Å². The summed E-state index contributed by atoms with van der Waals surface area (Å²) in [6, 6.07) is 11.5. The van der Waals surface area contributed by atoms with Gasteiger partial charge in [-0.1, -0.05) is 28.8 Å². The van der Waals surface area contributed by atoms with E-state index in [0.29, 0.717) is 16.7 Å². The zero-order chi connectivity index (χ0) is 22.1. The normalized spacial score (nSPS) is 16.2. The summed E-state index contributed by atoms with van der Waals surface area (Å²) in [5, 5.41) is 19.7. The van der Waals surface area contributed by atoms with Gasteiger partial charge in [-0.2, -0.15) is 5.10 Å². The highest BCUT2D eigenvalue weighted by Gasteiger charge is 2.26. The first-order valence-corrected chi connectivity index (χ1v) is 10.8. The van der Waals surface area contributed by atoms with E-state index < -0.39 is 0 Å². The number of methoxy groups -OCH3 is 1. The molecule has 0 saturated carbocycles. The Kier molecular flexibility index (Phi) is 8.51. The molecule has 3 aromatic rings. The molecule has 4 rings (SSSR count). The van der Waals surface area contributed by atoms with Crippen LogP contribution in [0.15, 0.2) is 42.6 Å². The molecule has 1 N–H and O–H groups in total. The molecule has 1 fully saturated rings. The molecule has 1 aliphatic heterocycles. The topological polar surface area (TPSA) is 102 Å². The third-order valence-electron chi connectivity index (χ3n) is 4.56. The van der Waals surface area contributed by atoms with Gasteiger partial charge in [-0.05, 0) is 48.1 Å². The number of halogens is 1. The number of nitrogens with one attached hydrogen (secondary N) is 1. The number of ether oxygens (including phenoxy) is 2. The van der Waals surface area contributed by atoms with Gasteiger partial charge in [0.25, 0.3) is 5.19 Å². The predicted octanol–water partition coefficient (Wildman–Crippen LogP) is 3.60. The third kappa shape index (κ3) is 6.84. The van der Waals surface area contributed by atoms with Crippen LogP contribution in [-0.4, -0.2) is 53.1 Å². The molecule has 2 aromatic heterocycles. The second kappa shape index (κ2) is 11.5. The van der Waals surface area contributed by atoms with Crippen molar-refractivity contribution in [2.45, 2.75) is 25.6 Å². The van der Waals surface area contributed by atoms with Crippen LogP contribution >= 0.6 is 22.9 Å². The summed E-state index contributed by atoms with van der Waals surface area (Å²) in [5.41, 5.74) is 1.11. The third-order valence-corrected chi connectivity index (χ3v) is 5.54. The van der Waals surface area contributed by atoms with Crippen molar-refractivity contribution in [2.75, 3.05) is 30.4 Å². The molecular formula is C20H23ClN6O3S. The molecule has 11 heteroatoms. The summed E-state index contributed by atoms with van der Waals surface area (Å²) in [4.78, 5) is 12.4. The number of aromatic nitrogens is 4. The van der Waals surface area contributed by atoms with Crippen LogP contribution in [0.2, 0.25) is 5.02 Å². The van der Waals surface area contributed by atoms with Crippen molar-refractivity contribution in [1.82, 2.24) is 20.4 Å². The van der Waals surface area contributed by atoms with Crippen molar-refractivity contribution in [1.29, 1.82) is 0 Å². The van der Waals surface area contributed by atoms with Gasteiger partial charge in [-0.15, -0.1) is 10.2 Å². The Morgan fingerprint density at radius 1 is 1.29 bits per heavy atom. The van der Waals surface area contributed by atoms with Gasteiger partial charge >= 0.3 is 0 Å². The van der Waals surface area contributed by atoms with Crippen molar-refractivity contribution in [3.05, 3.63) is 53.2 Å². The molecule has 1 saturated heterocycles. The molecule has 0 bridgehead atoms. The van der Waals surface area contributed by atoms with Crippen molar-refractivity contribution >= 4 is 40.3 Å². The maximum absolute atomic E-state index is 10.3. The predicted molar refractivity (Wildman–Crippen MR) is 120 cm³/mol. The Hall–Kier alpha value is -2.82. The van der Waals surface area contributed by atoms with E-state index in [4.69, 9.17) is 21.1 Å². The minimum absolute atomic E-state index is 0.0361. The fourth-order valence-corrected chi connectivity index (χ4v) is 3.72. The van der Waals surface area contributed by atoms with Gasteiger partial charge in [0.1, 0.15) is 6.10 Å². The lowest BCUT2D eigenvalue weighted by Gasteiger charge is -2.16. The molecule has 1 aliphatic rings. The SMILES string of the molecule is COC(C)c1cccc(Cl)c1.O=CNc1nnc(OC2CCN(c3cccnn3)C2)s1. The van der Waals surface area contributed by atoms with Crippen molar-refractivity contribution in [3.63, 3.8) is 0 Å². The Balaban J connectivity index is 0.000000210. The summed E-state index contributed by atoms with van der Waals surface area (Å²) in [5.74, 6) is 0.846. The van der Waals surface area contributed by atoms with Crippen LogP contribution in [-0.2, 0) is 9.53 Å². The molecule has 0 aliphatic carbocycles. The molecule has 9 nitrogen and oxygen atoms in total. The van der Waals surface area contributed by atoms with Crippen LogP contribution in [0, 0.1) is 0 Å². The van der Waals surface area contributed by atoms with Crippen molar-refractivity contribution < 1.29 is 14.3 Å². The van der Waals surface area contributed by atoms with Crippen molar-refractivity contribution in [2.24, 2.45) is 0 Å². The van der Waals surface area contributed by atoms with Gasteiger partial charge in [-0.25, -0.2) is 0 Å². The maximum atomic E-state index is 10.3. The van der Waals surface area contributed by atoms with E-state index in [9.17, 15) is 4.79 Å². The number of nitrogens with zero attached hydrogens (tertiary/aromatic N) is 5. The van der Waals surface area contributed by atoms with Gasteiger partial charge in [-0.3, -0.25) is 4.79 Å². The average molecular weight is 463 g/mol. The van der Waals surface area contributed by atoms with E-state index >= 15 is 0 Å². The van der Waals surface area contributed by atoms with Crippen LogP contribution in [0.25, 0.3) is 0 Å². The van der Waals surface area contributed by atoms with E-state index in [1.54, 1.807) is 13.3 Å². The van der Waals surface area contributed by atoms with Gasteiger partial charge < -0.3 is 19.7 Å². The Bertz CT molecular complexity index is 961. The largest absolute Gasteiger partial charge is 0.464 e. The number of benzene rings is 1. The lowest BCUT2D eigenvalue weighted by Crippen LogP contribution is -2.25. The number of hydrogen-bond acceptors (Lipinski definition) is 9. The van der Waals surface area contributed by atoms with E-state index in [-0.39, 0.29) is 12.2 Å². The first-order valence-electron chi connectivity index (χ1n) is 9.60. The molecule has 1 amide bonds. The average Bonchev–Trinajstić information content (AvgIpc) is 3.44. The maximum Gasteiger partial charge on any atom is 0.296 e. The van der Waals surface area contributed by atoms with Crippen LogP contribution in [0.1, 0.15) is 25.0 Å². The van der Waals surface area contributed by atoms with Gasteiger partial charge in [0.15, 0.2) is 5.82 Å². The van der Waals surface area contributed by atoms with Crippen LogP contribution < -0.4 is 15.0 Å². The smallest absolute Gasteiger partial charge is 0.296 e. The van der Waals surface area contributed by atoms with Crippen LogP contribution in [0.5, 0.6) is 5.19 Å². The molecule has 2 unspecified atom stereocenters. The molecule has 2 atom stereocenters. The molecule has 0 spiro atoms. The first-order chi connectivity index (χ1) is 15.1. The summed E-state index contributed by atoms with van der Waals surface area (Å²) in [7, 11) is 1.69. The minimum Gasteiger partial charge on any atom is -0.464 e. The number of carbonyl (C=O) groups is 1. The lowest BCUT2D eigenvalue weighted by atomic mass is 10.1. The van der Waals surface area contributed by atoms with Crippen LogP contribution in [0.4, 0.5) is 10.9 Å². The second-order valence-electron chi connectivity index (χ2n) is 6.62. The van der Waals surface area contributed by atoms with Crippen molar-refractivity contribution in [3.8, 4) is 5.19 Å².